The highest BCUT2D eigenvalue weighted by Gasteiger charge is 2.14. The van der Waals surface area contributed by atoms with Crippen molar-refractivity contribution in [2.45, 2.75) is 19.0 Å². The number of hydrogen-bond acceptors (Lipinski definition) is 5. The van der Waals surface area contributed by atoms with Crippen molar-refractivity contribution in [1.29, 1.82) is 0 Å². The lowest BCUT2D eigenvalue weighted by molar-refractivity contribution is 0.787. The molecule has 100 valence electrons. The average molecular weight is 258 g/mol. The van der Waals surface area contributed by atoms with Gasteiger partial charge in [0.15, 0.2) is 0 Å². The summed E-state index contributed by atoms with van der Waals surface area (Å²) in [4.78, 5) is 11.5. The van der Waals surface area contributed by atoms with E-state index in [4.69, 9.17) is 0 Å². The van der Waals surface area contributed by atoms with Gasteiger partial charge in [-0.25, -0.2) is 9.97 Å². The van der Waals surface area contributed by atoms with Crippen molar-refractivity contribution < 1.29 is 0 Å². The Hall–Kier alpha value is -2.08. The fraction of sp³-hybridized carbons (Fsp3) is 0.385. The normalized spacial score (nSPS) is 18.4. The number of nitrogens with zero attached hydrogens (tertiary/aromatic N) is 2. The summed E-state index contributed by atoms with van der Waals surface area (Å²) >= 11 is 0. The molecule has 0 amide bonds. The maximum absolute atomic E-state index is 4.25. The summed E-state index contributed by atoms with van der Waals surface area (Å²) in [6, 6.07) is 4.45. The predicted octanol–water partition coefficient (Wildman–Crippen LogP) is 1.19. The Labute approximate surface area is 112 Å². The Morgan fingerprint density at radius 2 is 2.26 bits per heavy atom. The molecule has 6 nitrogen and oxygen atoms in total. The van der Waals surface area contributed by atoms with Crippen molar-refractivity contribution >= 4 is 11.6 Å². The summed E-state index contributed by atoms with van der Waals surface area (Å²) in [5, 5.41) is 10.0. The van der Waals surface area contributed by atoms with Gasteiger partial charge in [0.05, 0.1) is 0 Å². The molecule has 1 atom stereocenters. The molecule has 3 heterocycles. The third kappa shape index (κ3) is 3.23. The number of hydrogen-bond donors (Lipinski definition) is 4. The van der Waals surface area contributed by atoms with Crippen molar-refractivity contribution in [2.75, 3.05) is 23.7 Å². The van der Waals surface area contributed by atoms with E-state index < -0.39 is 0 Å². The van der Waals surface area contributed by atoms with E-state index in [9.17, 15) is 0 Å². The molecule has 0 aliphatic carbocycles. The summed E-state index contributed by atoms with van der Waals surface area (Å²) in [6.07, 6.45) is 6.61. The van der Waals surface area contributed by atoms with Crippen LogP contribution in [-0.2, 0) is 6.54 Å². The van der Waals surface area contributed by atoms with Crippen LogP contribution in [0.2, 0.25) is 0 Å². The molecule has 2 aromatic heterocycles. The molecule has 1 aliphatic heterocycles. The molecule has 6 heteroatoms. The van der Waals surface area contributed by atoms with Gasteiger partial charge >= 0.3 is 0 Å². The maximum atomic E-state index is 4.25. The summed E-state index contributed by atoms with van der Waals surface area (Å²) in [5.41, 5.74) is 1.20. The van der Waals surface area contributed by atoms with E-state index in [-0.39, 0.29) is 0 Å². The average Bonchev–Trinajstić information content (AvgIpc) is 3.10. The molecule has 2 aromatic rings. The summed E-state index contributed by atoms with van der Waals surface area (Å²) in [5.74, 6) is 1.71. The molecular formula is C13H18N6. The van der Waals surface area contributed by atoms with Gasteiger partial charge in [-0.2, -0.15) is 0 Å². The zero-order valence-electron chi connectivity index (χ0n) is 10.7. The standard InChI is InChI=1S/C13H18N6/c1-3-14-6-10(1)7-16-12-5-13(18-9-17-12)19-11-2-4-15-8-11/h1,3,5-6,9,11,14-15H,2,4,7-8H2,(H2,16,17,18,19). The molecular weight excluding hydrogens is 240 g/mol. The smallest absolute Gasteiger partial charge is 0.131 e. The lowest BCUT2D eigenvalue weighted by atomic mass is 10.2. The van der Waals surface area contributed by atoms with Gasteiger partial charge in [-0.05, 0) is 24.6 Å². The van der Waals surface area contributed by atoms with Gasteiger partial charge in [0.2, 0.25) is 0 Å². The fourth-order valence-electron chi connectivity index (χ4n) is 2.18. The van der Waals surface area contributed by atoms with Crippen LogP contribution in [0.4, 0.5) is 11.6 Å². The summed E-state index contributed by atoms with van der Waals surface area (Å²) < 4.78 is 0. The van der Waals surface area contributed by atoms with E-state index in [1.54, 1.807) is 6.33 Å². The van der Waals surface area contributed by atoms with Gasteiger partial charge in [0.1, 0.15) is 18.0 Å². The monoisotopic (exact) mass is 258 g/mol. The Morgan fingerprint density at radius 1 is 1.32 bits per heavy atom. The lowest BCUT2D eigenvalue weighted by Gasteiger charge is -2.12. The molecule has 4 N–H and O–H groups in total. The topological polar surface area (TPSA) is 77.7 Å². The van der Waals surface area contributed by atoms with Crippen molar-refractivity contribution in [1.82, 2.24) is 20.3 Å². The van der Waals surface area contributed by atoms with Crippen LogP contribution in [-0.4, -0.2) is 34.1 Å². The van der Waals surface area contributed by atoms with Crippen LogP contribution < -0.4 is 16.0 Å². The highest BCUT2D eigenvalue weighted by atomic mass is 15.1. The first-order chi connectivity index (χ1) is 9.40. The quantitative estimate of drug-likeness (QED) is 0.648. The number of aromatic amines is 1. The molecule has 0 spiro atoms. The Bertz CT molecular complexity index is 504. The maximum Gasteiger partial charge on any atom is 0.131 e. The van der Waals surface area contributed by atoms with Gasteiger partial charge in [0, 0.05) is 37.6 Å². The number of aromatic nitrogens is 3. The molecule has 0 bridgehead atoms. The SMILES string of the molecule is c1nc(NCc2cc[nH]c2)cc(NC2CCNC2)n1. The van der Waals surface area contributed by atoms with Crippen LogP contribution in [0.5, 0.6) is 0 Å². The molecule has 1 aliphatic rings. The van der Waals surface area contributed by atoms with Crippen molar-refractivity contribution in [2.24, 2.45) is 0 Å². The van der Waals surface area contributed by atoms with Crippen molar-refractivity contribution in [3.8, 4) is 0 Å². The Morgan fingerprint density at radius 3 is 3.05 bits per heavy atom. The number of rotatable bonds is 5. The zero-order valence-corrected chi connectivity index (χ0v) is 10.7. The van der Waals surface area contributed by atoms with Crippen LogP contribution in [0.15, 0.2) is 30.9 Å². The van der Waals surface area contributed by atoms with Crippen LogP contribution in [0, 0.1) is 0 Å². The van der Waals surface area contributed by atoms with Crippen LogP contribution >= 0.6 is 0 Å². The Kier molecular flexibility index (Phi) is 3.60. The van der Waals surface area contributed by atoms with Gasteiger partial charge in [-0.1, -0.05) is 0 Å². The van der Waals surface area contributed by atoms with Crippen LogP contribution in [0.1, 0.15) is 12.0 Å². The predicted molar refractivity (Wildman–Crippen MR) is 75.0 cm³/mol. The molecule has 1 fully saturated rings. The number of anilines is 2. The molecule has 0 saturated carbocycles. The molecule has 1 unspecified atom stereocenters. The number of H-pyrrole nitrogens is 1. The second kappa shape index (κ2) is 5.71. The fourth-order valence-corrected chi connectivity index (χ4v) is 2.18. The van der Waals surface area contributed by atoms with Crippen LogP contribution in [0.25, 0.3) is 0 Å². The second-order valence-electron chi connectivity index (χ2n) is 4.70. The van der Waals surface area contributed by atoms with Gasteiger partial charge in [-0.15, -0.1) is 0 Å². The minimum absolute atomic E-state index is 0.465. The first-order valence-corrected chi connectivity index (χ1v) is 6.55. The van der Waals surface area contributed by atoms with E-state index in [1.807, 2.05) is 24.5 Å². The minimum Gasteiger partial charge on any atom is -0.367 e. The van der Waals surface area contributed by atoms with E-state index in [2.05, 4.69) is 30.9 Å². The Balaban J connectivity index is 1.59. The van der Waals surface area contributed by atoms with E-state index >= 15 is 0 Å². The molecule has 1 saturated heterocycles. The number of nitrogens with one attached hydrogen (secondary N) is 4. The van der Waals surface area contributed by atoms with E-state index in [0.29, 0.717) is 6.04 Å². The molecule has 0 aromatic carbocycles. The molecule has 0 radical (unpaired) electrons. The third-order valence-electron chi connectivity index (χ3n) is 3.22. The molecule has 3 rings (SSSR count). The highest BCUT2D eigenvalue weighted by molar-refractivity contribution is 5.47. The minimum atomic E-state index is 0.465. The third-order valence-corrected chi connectivity index (χ3v) is 3.22. The van der Waals surface area contributed by atoms with Gasteiger partial charge < -0.3 is 20.9 Å². The van der Waals surface area contributed by atoms with Crippen LogP contribution in [0.3, 0.4) is 0 Å². The summed E-state index contributed by atoms with van der Waals surface area (Å²) in [7, 11) is 0. The second-order valence-corrected chi connectivity index (χ2v) is 4.70. The zero-order chi connectivity index (χ0) is 12.9. The van der Waals surface area contributed by atoms with E-state index in [1.165, 1.54) is 5.56 Å². The van der Waals surface area contributed by atoms with E-state index in [0.717, 1.165) is 37.7 Å². The first-order valence-electron chi connectivity index (χ1n) is 6.55. The summed E-state index contributed by atoms with van der Waals surface area (Å²) in [6.45, 7) is 2.82. The highest BCUT2D eigenvalue weighted by Crippen LogP contribution is 2.13. The largest absolute Gasteiger partial charge is 0.367 e. The van der Waals surface area contributed by atoms with Gasteiger partial charge in [0.25, 0.3) is 0 Å². The molecule has 19 heavy (non-hydrogen) atoms. The lowest BCUT2D eigenvalue weighted by Crippen LogP contribution is -2.22. The van der Waals surface area contributed by atoms with Crippen molar-refractivity contribution in [3.63, 3.8) is 0 Å². The first kappa shape index (κ1) is 12.0. The van der Waals surface area contributed by atoms with Crippen molar-refractivity contribution in [3.05, 3.63) is 36.4 Å². The van der Waals surface area contributed by atoms with Gasteiger partial charge in [-0.3, -0.25) is 0 Å².